The molecule has 0 unspecified atom stereocenters. The molecule has 1 heterocycles. The molecule has 0 radical (unpaired) electrons. The highest BCUT2D eigenvalue weighted by molar-refractivity contribution is 9.11. The number of para-hydroxylation sites is 1. The van der Waals surface area contributed by atoms with E-state index in [-0.39, 0.29) is 17.9 Å². The summed E-state index contributed by atoms with van der Waals surface area (Å²) in [5, 5.41) is 0.350. The molecule has 0 aliphatic heterocycles. The number of rotatable bonds is 3. The van der Waals surface area contributed by atoms with Crippen molar-refractivity contribution in [2.75, 3.05) is 5.73 Å². The molecule has 18 heavy (non-hydrogen) atoms. The summed E-state index contributed by atoms with van der Waals surface area (Å²) < 4.78 is 6.17. The van der Waals surface area contributed by atoms with Crippen molar-refractivity contribution in [1.82, 2.24) is 0 Å². The van der Waals surface area contributed by atoms with Crippen molar-refractivity contribution >= 4 is 50.5 Å². The second-order valence-corrected chi connectivity index (χ2v) is 6.44. The lowest BCUT2D eigenvalue weighted by molar-refractivity contribution is 0.0478. The van der Waals surface area contributed by atoms with Gasteiger partial charge in [-0.2, -0.15) is 0 Å². The number of carbonyl (C=O) groups excluding carboxylic acids is 1. The monoisotopic (exact) mass is 345 g/mol. The molecule has 94 valence electrons. The van der Waals surface area contributed by atoms with E-state index in [1.807, 2.05) is 12.1 Å². The first-order valence-electron chi connectivity index (χ1n) is 5.03. The quantitative estimate of drug-likeness (QED) is 0.672. The number of ether oxygens (including phenoxy) is 1. The zero-order valence-corrected chi connectivity index (χ0v) is 12.3. The minimum Gasteiger partial charge on any atom is -0.456 e. The Morgan fingerprint density at radius 3 is 2.83 bits per heavy atom. The van der Waals surface area contributed by atoms with Crippen molar-refractivity contribution in [3.05, 3.63) is 49.6 Å². The molecule has 0 fully saturated rings. The van der Waals surface area contributed by atoms with Crippen LogP contribution in [0, 0.1) is 0 Å². The average molecular weight is 347 g/mol. The molecule has 2 rings (SSSR count). The molecule has 3 nitrogen and oxygen atoms in total. The van der Waals surface area contributed by atoms with Crippen molar-refractivity contribution in [3.8, 4) is 0 Å². The van der Waals surface area contributed by atoms with E-state index in [0.29, 0.717) is 5.02 Å². The van der Waals surface area contributed by atoms with Crippen LogP contribution < -0.4 is 5.73 Å². The van der Waals surface area contributed by atoms with Crippen LogP contribution in [0.4, 0.5) is 5.69 Å². The third kappa shape index (κ3) is 3.04. The smallest absolute Gasteiger partial charge is 0.340 e. The highest BCUT2D eigenvalue weighted by atomic mass is 79.9. The van der Waals surface area contributed by atoms with Gasteiger partial charge in [-0.05, 0) is 40.2 Å². The van der Waals surface area contributed by atoms with Gasteiger partial charge in [0.1, 0.15) is 6.61 Å². The summed E-state index contributed by atoms with van der Waals surface area (Å²) in [6, 6.07) is 8.68. The fourth-order valence-corrected chi connectivity index (χ4v) is 2.93. The van der Waals surface area contributed by atoms with E-state index >= 15 is 0 Å². The van der Waals surface area contributed by atoms with Gasteiger partial charge in [0.2, 0.25) is 0 Å². The van der Waals surface area contributed by atoms with E-state index in [1.165, 1.54) is 11.3 Å². The first-order valence-corrected chi connectivity index (χ1v) is 7.02. The lowest BCUT2D eigenvalue weighted by atomic mass is 10.2. The molecule has 0 spiro atoms. The maximum absolute atomic E-state index is 11.8. The van der Waals surface area contributed by atoms with Crippen molar-refractivity contribution in [3.63, 3.8) is 0 Å². The average Bonchev–Trinajstić information content (AvgIpc) is 2.76. The molecule has 1 aromatic heterocycles. The summed E-state index contributed by atoms with van der Waals surface area (Å²) in [7, 11) is 0. The molecule has 1 aromatic carbocycles. The number of hydrogen-bond donors (Lipinski definition) is 1. The van der Waals surface area contributed by atoms with Gasteiger partial charge in [-0.3, -0.25) is 0 Å². The summed E-state index contributed by atoms with van der Waals surface area (Å²) in [4.78, 5) is 12.8. The fraction of sp³-hybridized carbons (Fsp3) is 0.0833. The molecule has 6 heteroatoms. The zero-order valence-electron chi connectivity index (χ0n) is 9.15. The fourth-order valence-electron chi connectivity index (χ4n) is 1.36. The third-order valence-corrected chi connectivity index (χ3v) is 4.17. The largest absolute Gasteiger partial charge is 0.456 e. The minimum absolute atomic E-state index is 0.223. The van der Waals surface area contributed by atoms with Crippen LogP contribution >= 0.6 is 38.9 Å². The highest BCUT2D eigenvalue weighted by Crippen LogP contribution is 2.25. The lowest BCUT2D eigenvalue weighted by Gasteiger charge is -2.06. The van der Waals surface area contributed by atoms with Crippen molar-refractivity contribution in [1.29, 1.82) is 0 Å². The van der Waals surface area contributed by atoms with Crippen molar-refractivity contribution in [2.24, 2.45) is 0 Å². The van der Waals surface area contributed by atoms with Crippen molar-refractivity contribution < 1.29 is 9.53 Å². The summed E-state index contributed by atoms with van der Waals surface area (Å²) in [6.07, 6.45) is 0. The van der Waals surface area contributed by atoms with Crippen molar-refractivity contribution in [2.45, 2.75) is 6.61 Å². The van der Waals surface area contributed by atoms with Crippen LogP contribution in [0.2, 0.25) is 5.02 Å². The SMILES string of the molecule is Nc1c(Cl)cccc1C(=O)OCc1ccc(Br)s1. The summed E-state index contributed by atoms with van der Waals surface area (Å²) in [6.45, 7) is 0.223. The Bertz CT molecular complexity index is 585. The van der Waals surface area contributed by atoms with E-state index in [1.54, 1.807) is 18.2 Å². The number of thiophene rings is 1. The molecular weight excluding hydrogens is 338 g/mol. The van der Waals surface area contributed by atoms with E-state index in [9.17, 15) is 4.79 Å². The van der Waals surface area contributed by atoms with Gasteiger partial charge in [0.15, 0.2) is 0 Å². The van der Waals surface area contributed by atoms with Gasteiger partial charge < -0.3 is 10.5 Å². The van der Waals surface area contributed by atoms with Crippen LogP contribution in [0.3, 0.4) is 0 Å². The number of anilines is 1. The second-order valence-electron chi connectivity index (χ2n) is 3.48. The molecule has 0 saturated heterocycles. The maximum Gasteiger partial charge on any atom is 0.340 e. The number of nitrogen functional groups attached to an aromatic ring is 1. The van der Waals surface area contributed by atoms with Crippen LogP contribution in [0.1, 0.15) is 15.2 Å². The van der Waals surface area contributed by atoms with Crippen LogP contribution in [-0.2, 0) is 11.3 Å². The van der Waals surface area contributed by atoms with Gasteiger partial charge in [0, 0.05) is 4.88 Å². The van der Waals surface area contributed by atoms with Crippen LogP contribution in [0.15, 0.2) is 34.1 Å². The normalized spacial score (nSPS) is 10.3. The summed E-state index contributed by atoms with van der Waals surface area (Å²) in [5.41, 5.74) is 6.26. The highest BCUT2D eigenvalue weighted by Gasteiger charge is 2.13. The molecule has 0 aliphatic carbocycles. The van der Waals surface area contributed by atoms with E-state index in [4.69, 9.17) is 22.1 Å². The molecule has 0 aliphatic rings. The third-order valence-electron chi connectivity index (χ3n) is 2.25. The zero-order chi connectivity index (χ0) is 13.1. The number of nitrogens with two attached hydrogens (primary N) is 1. The van der Waals surface area contributed by atoms with Gasteiger partial charge >= 0.3 is 5.97 Å². The van der Waals surface area contributed by atoms with Gasteiger partial charge in [-0.1, -0.05) is 17.7 Å². The standard InChI is InChI=1S/C12H9BrClNO2S/c13-10-5-4-7(18-10)6-17-12(16)8-2-1-3-9(14)11(8)15/h1-5H,6,15H2. The number of hydrogen-bond acceptors (Lipinski definition) is 4. The molecular formula is C12H9BrClNO2S. The first kappa shape index (κ1) is 13.4. The number of halogens is 2. The molecule has 0 atom stereocenters. The summed E-state index contributed by atoms with van der Waals surface area (Å²) in [5.74, 6) is -0.473. The Hall–Kier alpha value is -1.04. The van der Waals surface area contributed by atoms with Gasteiger partial charge in [-0.25, -0.2) is 4.79 Å². The van der Waals surface area contributed by atoms with Crippen LogP contribution in [0.5, 0.6) is 0 Å². The van der Waals surface area contributed by atoms with E-state index < -0.39 is 5.97 Å². The maximum atomic E-state index is 11.8. The Balaban J connectivity index is 2.06. The molecule has 0 saturated carbocycles. The van der Waals surface area contributed by atoms with Gasteiger partial charge in [0.25, 0.3) is 0 Å². The molecule has 2 aromatic rings. The van der Waals surface area contributed by atoms with E-state index in [2.05, 4.69) is 15.9 Å². The van der Waals surface area contributed by atoms with Gasteiger partial charge in [-0.15, -0.1) is 11.3 Å². The van der Waals surface area contributed by atoms with E-state index in [0.717, 1.165) is 8.66 Å². The molecule has 0 bridgehead atoms. The topological polar surface area (TPSA) is 52.3 Å². The summed E-state index contributed by atoms with van der Waals surface area (Å²) >= 11 is 10.7. The Labute approximate surface area is 122 Å². The number of carbonyl (C=O) groups is 1. The minimum atomic E-state index is -0.473. The predicted molar refractivity (Wildman–Crippen MR) is 77.0 cm³/mol. The number of esters is 1. The van der Waals surface area contributed by atoms with Gasteiger partial charge in [0.05, 0.1) is 20.1 Å². The van der Waals surface area contributed by atoms with Crippen LogP contribution in [0.25, 0.3) is 0 Å². The number of benzene rings is 1. The Kier molecular flexibility index (Phi) is 4.27. The first-order chi connectivity index (χ1) is 8.58. The Morgan fingerprint density at radius 1 is 1.39 bits per heavy atom. The Morgan fingerprint density at radius 2 is 2.17 bits per heavy atom. The van der Waals surface area contributed by atoms with Crippen LogP contribution in [-0.4, -0.2) is 5.97 Å². The lowest BCUT2D eigenvalue weighted by Crippen LogP contribution is -2.08. The predicted octanol–water partition coefficient (Wildman–Crippen LogP) is 4.10. The molecule has 0 amide bonds. The second kappa shape index (κ2) is 5.73. The molecule has 2 N–H and O–H groups in total.